The maximum absolute atomic E-state index is 6.18. The second kappa shape index (κ2) is 11.8. The summed E-state index contributed by atoms with van der Waals surface area (Å²) in [5.74, 6) is 1.53. The Labute approximate surface area is 289 Å². The number of allylic oxidation sites excluding steroid dienone is 6. The predicted octanol–water partition coefficient (Wildman–Crippen LogP) is 10.5. The molecule has 2 atom stereocenters. The van der Waals surface area contributed by atoms with E-state index in [1.807, 2.05) is 48.5 Å². The summed E-state index contributed by atoms with van der Waals surface area (Å²) >= 11 is 0. The fourth-order valence-corrected chi connectivity index (χ4v) is 7.82. The molecule has 3 aliphatic carbocycles. The highest BCUT2D eigenvalue weighted by Gasteiger charge is 2.30. The Kier molecular flexibility index (Phi) is 6.79. The van der Waals surface area contributed by atoms with Crippen LogP contribution in [0.25, 0.3) is 50.4 Å². The van der Waals surface area contributed by atoms with E-state index in [4.69, 9.17) is 18.8 Å². The van der Waals surface area contributed by atoms with E-state index in [0.717, 1.165) is 59.3 Å². The zero-order valence-corrected chi connectivity index (χ0v) is 27.4. The van der Waals surface area contributed by atoms with Crippen molar-refractivity contribution in [3.05, 3.63) is 174 Å². The minimum Gasteiger partial charge on any atom is -0.440 e. The van der Waals surface area contributed by atoms with E-state index in [0.29, 0.717) is 5.89 Å². The standard InChI is InChI=1S/C44H34N4O2/c1-2-10-31(11-3-1)48-39-15-7-4-12-35(39)36-28-34(26-27-40(36)48)47(32-22-18-29(19-23-32)43-45-37-13-5-8-16-41(37)49-43)33-24-20-30(21-25-33)44-46-38-14-6-9-17-42(38)50-44/h1-20,22,24-25,28,30,32H,21,23,26-27H2. The normalized spacial score (nSPS) is 18.7. The van der Waals surface area contributed by atoms with Gasteiger partial charge >= 0.3 is 0 Å². The Morgan fingerprint density at radius 1 is 0.680 bits per heavy atom. The number of hydrogen-bond acceptors (Lipinski definition) is 5. The Morgan fingerprint density at radius 3 is 2.20 bits per heavy atom. The molecule has 50 heavy (non-hydrogen) atoms. The third-order valence-corrected chi connectivity index (χ3v) is 10.2. The van der Waals surface area contributed by atoms with Crippen LogP contribution in [-0.4, -0.2) is 25.5 Å². The van der Waals surface area contributed by atoms with E-state index >= 15 is 0 Å². The molecule has 3 heterocycles. The van der Waals surface area contributed by atoms with Crippen LogP contribution in [0.5, 0.6) is 0 Å². The lowest BCUT2D eigenvalue weighted by atomic mass is 9.93. The first-order chi connectivity index (χ1) is 24.8. The van der Waals surface area contributed by atoms with Gasteiger partial charge in [0.15, 0.2) is 11.2 Å². The van der Waals surface area contributed by atoms with Crippen molar-refractivity contribution in [3.8, 4) is 5.69 Å². The van der Waals surface area contributed by atoms with Gasteiger partial charge in [0.05, 0.1) is 17.5 Å². The van der Waals surface area contributed by atoms with Crippen molar-refractivity contribution in [2.24, 2.45) is 0 Å². The average molecular weight is 651 g/mol. The van der Waals surface area contributed by atoms with Crippen molar-refractivity contribution < 1.29 is 8.83 Å². The number of benzene rings is 4. The smallest absolute Gasteiger partial charge is 0.226 e. The van der Waals surface area contributed by atoms with Crippen LogP contribution in [0.2, 0.25) is 0 Å². The Bertz CT molecular complexity index is 2510. The van der Waals surface area contributed by atoms with Crippen molar-refractivity contribution in [3.63, 3.8) is 0 Å². The topological polar surface area (TPSA) is 60.2 Å². The number of oxazole rings is 2. The van der Waals surface area contributed by atoms with Crippen LogP contribution in [0.15, 0.2) is 160 Å². The molecule has 2 unspecified atom stereocenters. The molecular formula is C44H34N4O2. The van der Waals surface area contributed by atoms with Gasteiger partial charge < -0.3 is 18.3 Å². The second-order valence-corrected chi connectivity index (χ2v) is 13.2. The van der Waals surface area contributed by atoms with Gasteiger partial charge in [0.1, 0.15) is 11.0 Å². The lowest BCUT2D eigenvalue weighted by Gasteiger charge is -2.38. The van der Waals surface area contributed by atoms with Crippen LogP contribution in [0, 0.1) is 0 Å². The highest BCUT2D eigenvalue weighted by Crippen LogP contribution is 2.41. The van der Waals surface area contributed by atoms with Crippen molar-refractivity contribution in [2.75, 3.05) is 0 Å². The molecule has 0 aliphatic heterocycles. The maximum Gasteiger partial charge on any atom is 0.226 e. The lowest BCUT2D eigenvalue weighted by molar-refractivity contribution is 0.356. The molecule has 0 saturated heterocycles. The third-order valence-electron chi connectivity index (χ3n) is 10.2. The molecule has 4 aromatic carbocycles. The predicted molar refractivity (Wildman–Crippen MR) is 200 cm³/mol. The van der Waals surface area contributed by atoms with E-state index in [1.165, 1.54) is 39.2 Å². The number of aromatic nitrogens is 3. The highest BCUT2D eigenvalue weighted by molar-refractivity contribution is 5.93. The molecule has 7 aromatic rings. The molecule has 6 heteroatoms. The van der Waals surface area contributed by atoms with E-state index < -0.39 is 0 Å². The molecule has 10 rings (SSSR count). The number of nitrogens with zero attached hydrogens (tertiary/aromatic N) is 4. The minimum absolute atomic E-state index is 0.0938. The van der Waals surface area contributed by atoms with E-state index in [-0.39, 0.29) is 12.0 Å². The van der Waals surface area contributed by atoms with Gasteiger partial charge in [-0.25, -0.2) is 9.97 Å². The number of fused-ring (bicyclic) bond motifs is 5. The Hall–Kier alpha value is -6.14. The molecule has 0 bridgehead atoms. The molecule has 0 saturated carbocycles. The van der Waals surface area contributed by atoms with Gasteiger partial charge in [0.25, 0.3) is 0 Å². The molecule has 3 aliphatic rings. The monoisotopic (exact) mass is 650 g/mol. The van der Waals surface area contributed by atoms with Crippen LogP contribution < -0.4 is 0 Å². The first kappa shape index (κ1) is 28.8. The van der Waals surface area contributed by atoms with Crippen LogP contribution in [0.1, 0.15) is 48.2 Å². The SMILES string of the molecule is C1=CC(N(C2=CCC(c3nc4ccccc4o3)C=C2)C2=Cc3c(n(-c4ccccc4)c4ccccc34)CC2)CC=C1c1nc2ccccc2o1. The lowest BCUT2D eigenvalue weighted by Crippen LogP contribution is -2.34. The fraction of sp³-hybridized carbons (Fsp3) is 0.136. The summed E-state index contributed by atoms with van der Waals surface area (Å²) in [7, 11) is 0. The van der Waals surface area contributed by atoms with Gasteiger partial charge in [0.2, 0.25) is 11.8 Å². The largest absolute Gasteiger partial charge is 0.440 e. The van der Waals surface area contributed by atoms with Gasteiger partial charge in [-0.1, -0.05) is 91.0 Å². The van der Waals surface area contributed by atoms with E-state index in [2.05, 4.69) is 107 Å². The van der Waals surface area contributed by atoms with Crippen LogP contribution in [0.3, 0.4) is 0 Å². The van der Waals surface area contributed by atoms with Crippen LogP contribution in [-0.2, 0) is 6.42 Å². The van der Waals surface area contributed by atoms with E-state index in [9.17, 15) is 0 Å². The van der Waals surface area contributed by atoms with E-state index in [1.54, 1.807) is 0 Å². The summed E-state index contributed by atoms with van der Waals surface area (Å²) in [5, 5.41) is 1.28. The first-order valence-corrected chi connectivity index (χ1v) is 17.4. The summed E-state index contributed by atoms with van der Waals surface area (Å²) in [5.41, 5.74) is 12.1. The summed E-state index contributed by atoms with van der Waals surface area (Å²) < 4.78 is 14.8. The zero-order valence-electron chi connectivity index (χ0n) is 27.4. The zero-order chi connectivity index (χ0) is 33.0. The minimum atomic E-state index is 0.0938. The molecule has 0 N–H and O–H groups in total. The fourth-order valence-electron chi connectivity index (χ4n) is 7.82. The van der Waals surface area contributed by atoms with Gasteiger partial charge in [-0.05, 0) is 80.3 Å². The number of hydrogen-bond donors (Lipinski definition) is 0. The van der Waals surface area contributed by atoms with Gasteiger partial charge in [-0.15, -0.1) is 0 Å². The quantitative estimate of drug-likeness (QED) is 0.179. The Morgan fingerprint density at radius 2 is 1.44 bits per heavy atom. The summed E-state index contributed by atoms with van der Waals surface area (Å²) in [6.07, 6.45) is 19.6. The van der Waals surface area contributed by atoms with Gasteiger partial charge in [-0.3, -0.25) is 0 Å². The maximum atomic E-state index is 6.18. The average Bonchev–Trinajstić information content (AvgIpc) is 3.90. The van der Waals surface area contributed by atoms with Crippen molar-refractivity contribution in [1.82, 2.24) is 19.4 Å². The molecule has 0 fully saturated rings. The third kappa shape index (κ3) is 4.86. The molecule has 0 amide bonds. The molecule has 3 aromatic heterocycles. The van der Waals surface area contributed by atoms with Crippen molar-refractivity contribution >= 4 is 44.8 Å². The summed E-state index contributed by atoms with van der Waals surface area (Å²) in [6, 6.07) is 35.6. The highest BCUT2D eigenvalue weighted by atomic mass is 16.4. The molecule has 0 spiro atoms. The summed E-state index contributed by atoms with van der Waals surface area (Å²) in [6.45, 7) is 0. The molecule has 242 valence electrons. The molecule has 0 radical (unpaired) electrons. The van der Waals surface area contributed by atoms with Crippen molar-refractivity contribution in [2.45, 2.75) is 37.6 Å². The molecular weight excluding hydrogens is 617 g/mol. The van der Waals surface area contributed by atoms with Gasteiger partial charge in [0, 0.05) is 39.3 Å². The molecule has 6 nitrogen and oxygen atoms in total. The number of rotatable bonds is 6. The Balaban J connectivity index is 1.03. The van der Waals surface area contributed by atoms with Gasteiger partial charge in [-0.2, -0.15) is 0 Å². The van der Waals surface area contributed by atoms with Crippen LogP contribution in [0.4, 0.5) is 0 Å². The summed E-state index contributed by atoms with van der Waals surface area (Å²) in [4.78, 5) is 12.1. The second-order valence-electron chi connectivity index (χ2n) is 13.2. The van der Waals surface area contributed by atoms with Crippen LogP contribution >= 0.6 is 0 Å². The number of para-hydroxylation sites is 6. The van der Waals surface area contributed by atoms with Crippen molar-refractivity contribution in [1.29, 1.82) is 0 Å². The first-order valence-electron chi connectivity index (χ1n) is 17.4.